The number of hydrogen-bond acceptors (Lipinski definition) is 2. The fraction of sp³-hybridized carbons (Fsp3) is 0.364. The van der Waals surface area contributed by atoms with Crippen LogP contribution in [0.1, 0.15) is 12.5 Å². The molecule has 1 aromatic carbocycles. The molecule has 1 atom stereocenters. The second-order valence-electron chi connectivity index (χ2n) is 3.48. The van der Waals surface area contributed by atoms with Gasteiger partial charge in [0.05, 0.1) is 13.2 Å². The number of hydrogen-bond donors (Lipinski definition) is 1. The molecule has 0 saturated heterocycles. The summed E-state index contributed by atoms with van der Waals surface area (Å²) in [5, 5.41) is 8.48. The van der Waals surface area contributed by atoms with Crippen LogP contribution in [0.5, 0.6) is 0 Å². The monoisotopic (exact) mass is 212 g/mol. The van der Waals surface area contributed by atoms with E-state index in [1.54, 1.807) is 0 Å². The quantitative estimate of drug-likeness (QED) is 0.812. The molecule has 0 saturated carbocycles. The van der Waals surface area contributed by atoms with Crippen molar-refractivity contribution in [2.45, 2.75) is 19.2 Å². The summed E-state index contributed by atoms with van der Waals surface area (Å²) in [6.07, 6.45) is 0. The fourth-order valence-corrected chi connectivity index (χ4v) is 0.997. The Morgan fingerprint density at radius 3 is 2.60 bits per heavy atom. The highest BCUT2D eigenvalue weighted by atomic mass is 19.1. The van der Waals surface area contributed by atoms with E-state index in [4.69, 9.17) is 9.84 Å². The lowest BCUT2D eigenvalue weighted by Gasteiger charge is -2.14. The molecule has 0 spiro atoms. The molecule has 3 nitrogen and oxygen atoms in total. The molecule has 0 fully saturated rings. The van der Waals surface area contributed by atoms with Gasteiger partial charge in [0.25, 0.3) is 0 Å². The van der Waals surface area contributed by atoms with Gasteiger partial charge in [-0.15, -0.1) is 0 Å². The van der Waals surface area contributed by atoms with Crippen LogP contribution in [0.25, 0.3) is 0 Å². The molecule has 0 radical (unpaired) electrons. The summed E-state index contributed by atoms with van der Waals surface area (Å²) >= 11 is 0. The van der Waals surface area contributed by atoms with Gasteiger partial charge >= 0.3 is 5.97 Å². The van der Waals surface area contributed by atoms with Gasteiger partial charge in [-0.3, -0.25) is 0 Å². The predicted molar refractivity (Wildman–Crippen MR) is 53.2 cm³/mol. The molecule has 0 aliphatic heterocycles. The molecule has 1 N–H and O–H groups in total. The molecule has 4 heteroatoms. The van der Waals surface area contributed by atoms with Crippen molar-refractivity contribution >= 4 is 5.97 Å². The van der Waals surface area contributed by atoms with E-state index >= 15 is 0 Å². The first kappa shape index (κ1) is 11.7. The molecule has 0 bridgehead atoms. The standard InChI is InChI=1S/C11H13FO3/c1-11(12,10(13)14)8-15-7-9-5-3-2-4-6-9/h2-6H,7-8H2,1H3,(H,13,14). The van der Waals surface area contributed by atoms with Gasteiger partial charge in [0.2, 0.25) is 5.67 Å². The molecule has 1 unspecified atom stereocenters. The number of benzene rings is 1. The van der Waals surface area contributed by atoms with E-state index in [9.17, 15) is 9.18 Å². The summed E-state index contributed by atoms with van der Waals surface area (Å²) in [4.78, 5) is 10.4. The van der Waals surface area contributed by atoms with Gasteiger partial charge in [0, 0.05) is 0 Å². The van der Waals surface area contributed by atoms with Crippen LogP contribution in [0.4, 0.5) is 4.39 Å². The Kier molecular flexibility index (Phi) is 3.80. The van der Waals surface area contributed by atoms with Crippen molar-refractivity contribution in [2.75, 3.05) is 6.61 Å². The minimum absolute atomic E-state index is 0.216. The minimum atomic E-state index is -2.32. The molecule has 0 aliphatic rings. The molecule has 0 amide bonds. The van der Waals surface area contributed by atoms with Gasteiger partial charge in [0.1, 0.15) is 0 Å². The van der Waals surface area contributed by atoms with Crippen LogP contribution in [0.2, 0.25) is 0 Å². The van der Waals surface area contributed by atoms with Crippen LogP contribution < -0.4 is 0 Å². The third-order valence-electron chi connectivity index (χ3n) is 1.93. The van der Waals surface area contributed by atoms with Crippen LogP contribution >= 0.6 is 0 Å². The van der Waals surface area contributed by atoms with Crippen LogP contribution in [0.3, 0.4) is 0 Å². The van der Waals surface area contributed by atoms with Crippen LogP contribution in [-0.2, 0) is 16.1 Å². The highest BCUT2D eigenvalue weighted by Crippen LogP contribution is 2.12. The molecule has 0 heterocycles. The summed E-state index contributed by atoms with van der Waals surface area (Å²) in [6.45, 7) is 0.755. The Balaban J connectivity index is 2.37. The second-order valence-corrected chi connectivity index (χ2v) is 3.48. The fourth-order valence-electron chi connectivity index (χ4n) is 0.997. The van der Waals surface area contributed by atoms with E-state index in [2.05, 4.69) is 0 Å². The van der Waals surface area contributed by atoms with Gasteiger partial charge < -0.3 is 9.84 Å². The smallest absolute Gasteiger partial charge is 0.343 e. The highest BCUT2D eigenvalue weighted by molar-refractivity contribution is 5.76. The number of rotatable bonds is 5. The number of carbonyl (C=O) groups is 1. The van der Waals surface area contributed by atoms with Crippen molar-refractivity contribution in [3.63, 3.8) is 0 Å². The first-order valence-electron chi connectivity index (χ1n) is 4.56. The summed E-state index contributed by atoms with van der Waals surface area (Å²) < 4.78 is 18.2. The molecular weight excluding hydrogens is 199 g/mol. The first-order chi connectivity index (χ1) is 7.02. The normalized spacial score (nSPS) is 14.5. The summed E-state index contributed by atoms with van der Waals surface area (Å²) in [5.74, 6) is -1.50. The lowest BCUT2D eigenvalue weighted by atomic mass is 10.1. The number of ether oxygens (including phenoxy) is 1. The van der Waals surface area contributed by atoms with Crippen LogP contribution in [0, 0.1) is 0 Å². The second kappa shape index (κ2) is 4.89. The average Bonchev–Trinajstić information content (AvgIpc) is 2.19. The molecule has 1 rings (SSSR count). The third kappa shape index (κ3) is 3.67. The number of halogens is 1. The predicted octanol–water partition coefficient (Wildman–Crippen LogP) is 2.02. The van der Waals surface area contributed by atoms with Crippen LogP contribution in [-0.4, -0.2) is 23.4 Å². The van der Waals surface area contributed by atoms with E-state index < -0.39 is 18.2 Å². The summed E-state index contributed by atoms with van der Waals surface area (Å²) in [7, 11) is 0. The van der Waals surface area contributed by atoms with Crippen molar-refractivity contribution in [2.24, 2.45) is 0 Å². The molecular formula is C11H13FO3. The van der Waals surface area contributed by atoms with E-state index in [-0.39, 0.29) is 6.61 Å². The van der Waals surface area contributed by atoms with Gasteiger partial charge in [-0.25, -0.2) is 9.18 Å². The van der Waals surface area contributed by atoms with Gasteiger partial charge in [-0.2, -0.15) is 0 Å². The van der Waals surface area contributed by atoms with Gasteiger partial charge in [0.15, 0.2) is 0 Å². The van der Waals surface area contributed by atoms with Crippen molar-refractivity contribution in [1.29, 1.82) is 0 Å². The van der Waals surface area contributed by atoms with Crippen molar-refractivity contribution in [3.05, 3.63) is 35.9 Å². The third-order valence-corrected chi connectivity index (χ3v) is 1.93. The van der Waals surface area contributed by atoms with E-state index in [1.165, 1.54) is 0 Å². The maximum absolute atomic E-state index is 13.2. The maximum Gasteiger partial charge on any atom is 0.343 e. The molecule has 0 aromatic heterocycles. The number of alkyl halides is 1. The average molecular weight is 212 g/mol. The topological polar surface area (TPSA) is 46.5 Å². The lowest BCUT2D eigenvalue weighted by Crippen LogP contribution is -2.35. The first-order valence-corrected chi connectivity index (χ1v) is 4.56. The molecule has 1 aromatic rings. The Morgan fingerprint density at radius 2 is 2.07 bits per heavy atom. The van der Waals surface area contributed by atoms with Crippen LogP contribution in [0.15, 0.2) is 30.3 Å². The van der Waals surface area contributed by atoms with E-state index in [1.807, 2.05) is 30.3 Å². The summed E-state index contributed by atoms with van der Waals surface area (Å²) in [5.41, 5.74) is -1.44. The highest BCUT2D eigenvalue weighted by Gasteiger charge is 2.32. The van der Waals surface area contributed by atoms with Gasteiger partial charge in [-0.05, 0) is 12.5 Å². The van der Waals surface area contributed by atoms with E-state index in [0.29, 0.717) is 0 Å². The number of aliphatic carboxylic acids is 1. The zero-order valence-corrected chi connectivity index (χ0v) is 8.44. The zero-order chi connectivity index (χ0) is 11.3. The SMILES string of the molecule is CC(F)(COCc1ccccc1)C(=O)O. The Hall–Kier alpha value is -1.42. The van der Waals surface area contributed by atoms with Crippen molar-refractivity contribution in [1.82, 2.24) is 0 Å². The summed E-state index contributed by atoms with van der Waals surface area (Å²) in [6, 6.07) is 9.20. The maximum atomic E-state index is 13.2. The Morgan fingerprint density at radius 1 is 1.47 bits per heavy atom. The molecule has 15 heavy (non-hydrogen) atoms. The number of carboxylic acid groups (broad SMARTS) is 1. The van der Waals surface area contributed by atoms with Crippen molar-refractivity contribution < 1.29 is 19.0 Å². The Bertz CT molecular complexity index is 322. The van der Waals surface area contributed by atoms with Gasteiger partial charge in [-0.1, -0.05) is 30.3 Å². The molecule has 0 aliphatic carbocycles. The number of carboxylic acids is 1. The minimum Gasteiger partial charge on any atom is -0.479 e. The zero-order valence-electron chi connectivity index (χ0n) is 8.44. The Labute approximate surface area is 87.5 Å². The largest absolute Gasteiger partial charge is 0.479 e. The van der Waals surface area contributed by atoms with Crippen molar-refractivity contribution in [3.8, 4) is 0 Å². The van der Waals surface area contributed by atoms with E-state index in [0.717, 1.165) is 12.5 Å². The lowest BCUT2D eigenvalue weighted by molar-refractivity contribution is -0.154. The molecule has 82 valence electrons.